The maximum Gasteiger partial charge on any atom is 0.416 e. The van der Waals surface area contributed by atoms with Crippen molar-refractivity contribution in [3.05, 3.63) is 65.4 Å². The monoisotopic (exact) mass is 382 g/mol. The molecule has 0 aliphatic carbocycles. The van der Waals surface area contributed by atoms with Crippen LogP contribution < -0.4 is 5.14 Å². The molecule has 0 saturated carbocycles. The summed E-state index contributed by atoms with van der Waals surface area (Å²) in [6.07, 6.45) is -2.41. The third kappa shape index (κ3) is 3.61. The lowest BCUT2D eigenvalue weighted by molar-refractivity contribution is -0.137. The quantitative estimate of drug-likeness (QED) is 0.710. The largest absolute Gasteiger partial charge is 0.416 e. The van der Waals surface area contributed by atoms with Gasteiger partial charge in [-0.25, -0.2) is 13.6 Å². The van der Waals surface area contributed by atoms with Crippen LogP contribution in [0.4, 0.5) is 13.2 Å². The first-order valence-corrected chi connectivity index (χ1v) is 9.41. The molecular weight excluding hydrogens is 365 g/mol. The molecule has 3 rings (SSSR count). The van der Waals surface area contributed by atoms with E-state index in [9.17, 15) is 21.6 Å². The minimum atomic E-state index is -4.56. The van der Waals surface area contributed by atoms with E-state index in [0.717, 1.165) is 34.7 Å². The normalized spacial score (nSPS) is 13.9. The van der Waals surface area contributed by atoms with Crippen molar-refractivity contribution in [3.8, 4) is 0 Å². The number of alkyl halides is 3. The summed E-state index contributed by atoms with van der Waals surface area (Å²) in [7, 11) is -4.14. The zero-order chi connectivity index (χ0) is 19.1. The van der Waals surface area contributed by atoms with Gasteiger partial charge in [0.2, 0.25) is 10.0 Å². The lowest BCUT2D eigenvalue weighted by atomic mass is 9.92. The van der Waals surface area contributed by atoms with E-state index < -0.39 is 27.7 Å². The van der Waals surface area contributed by atoms with E-state index in [4.69, 9.17) is 5.14 Å². The van der Waals surface area contributed by atoms with Gasteiger partial charge in [-0.1, -0.05) is 25.1 Å². The average molecular weight is 382 g/mol. The number of para-hydroxylation sites is 1. The molecule has 4 nitrogen and oxygen atoms in total. The maximum absolute atomic E-state index is 13.1. The van der Waals surface area contributed by atoms with Gasteiger partial charge in [0, 0.05) is 17.1 Å². The molecule has 3 N–H and O–H groups in total. The number of fused-ring (bicyclic) bond motifs is 1. The van der Waals surface area contributed by atoms with E-state index in [1.165, 1.54) is 0 Å². The average Bonchev–Trinajstić information content (AvgIpc) is 2.96. The minimum Gasteiger partial charge on any atom is -0.361 e. The number of aromatic nitrogens is 1. The highest BCUT2D eigenvalue weighted by molar-refractivity contribution is 7.89. The Morgan fingerprint density at radius 3 is 2.50 bits per heavy atom. The van der Waals surface area contributed by atoms with E-state index in [2.05, 4.69) is 4.98 Å². The number of hydrogen-bond acceptors (Lipinski definition) is 2. The van der Waals surface area contributed by atoms with Gasteiger partial charge in [-0.3, -0.25) is 0 Å². The molecule has 0 fully saturated rings. The standard InChI is InChI=1S/C18H17F3N2O2S/c1-11(8-12-10-23-16-5-3-2-4-14(12)16)15-9-13(18(19,20)21)6-7-17(15)26(22,24)25/h2-7,9-11,23H,8H2,1H3,(H2,22,24,25). The van der Waals surface area contributed by atoms with E-state index >= 15 is 0 Å². The van der Waals surface area contributed by atoms with Gasteiger partial charge in [-0.15, -0.1) is 0 Å². The topological polar surface area (TPSA) is 76.0 Å². The summed E-state index contributed by atoms with van der Waals surface area (Å²) in [6.45, 7) is 1.69. The number of H-pyrrole nitrogens is 1. The number of benzene rings is 2. The summed E-state index contributed by atoms with van der Waals surface area (Å²) >= 11 is 0. The maximum atomic E-state index is 13.1. The smallest absolute Gasteiger partial charge is 0.361 e. The van der Waals surface area contributed by atoms with Crippen LogP contribution in [0.5, 0.6) is 0 Å². The number of aromatic amines is 1. The van der Waals surface area contributed by atoms with Gasteiger partial charge < -0.3 is 4.98 Å². The van der Waals surface area contributed by atoms with Crippen molar-refractivity contribution in [2.75, 3.05) is 0 Å². The van der Waals surface area contributed by atoms with Crippen molar-refractivity contribution in [2.45, 2.75) is 30.3 Å². The molecule has 0 radical (unpaired) electrons. The summed E-state index contributed by atoms with van der Waals surface area (Å²) in [5, 5.41) is 6.15. The summed E-state index contributed by atoms with van der Waals surface area (Å²) in [5.74, 6) is -0.482. The van der Waals surface area contributed by atoms with E-state index in [0.29, 0.717) is 6.42 Å². The van der Waals surface area contributed by atoms with Gasteiger partial charge in [0.25, 0.3) is 0 Å². The van der Waals surface area contributed by atoms with E-state index in [1.807, 2.05) is 24.3 Å². The van der Waals surface area contributed by atoms with Gasteiger partial charge >= 0.3 is 6.18 Å². The van der Waals surface area contributed by atoms with Gasteiger partial charge in [-0.05, 0) is 47.7 Å². The number of sulfonamides is 1. The minimum absolute atomic E-state index is 0.0626. The molecule has 0 saturated heterocycles. The lowest BCUT2D eigenvalue weighted by Crippen LogP contribution is -2.17. The SMILES string of the molecule is CC(Cc1c[nH]c2ccccc12)c1cc(C(F)(F)F)ccc1S(N)(=O)=O. The van der Waals surface area contributed by atoms with Crippen LogP contribution in [0.15, 0.2) is 53.6 Å². The fourth-order valence-corrected chi connectivity index (χ4v) is 3.96. The molecule has 0 aliphatic heterocycles. The van der Waals surface area contributed by atoms with Crippen LogP contribution in [0.1, 0.15) is 29.5 Å². The van der Waals surface area contributed by atoms with Crippen LogP contribution in [0, 0.1) is 0 Å². The predicted molar refractivity (Wildman–Crippen MR) is 93.2 cm³/mol. The van der Waals surface area contributed by atoms with Crippen molar-refractivity contribution in [2.24, 2.45) is 5.14 Å². The van der Waals surface area contributed by atoms with Crippen LogP contribution in [-0.2, 0) is 22.6 Å². The first kappa shape index (κ1) is 18.5. The van der Waals surface area contributed by atoms with Crippen LogP contribution in [-0.4, -0.2) is 13.4 Å². The molecule has 3 aromatic rings. The van der Waals surface area contributed by atoms with Crippen molar-refractivity contribution >= 4 is 20.9 Å². The molecule has 0 amide bonds. The predicted octanol–water partition coefficient (Wildman–Crippen LogP) is 4.18. The molecule has 1 heterocycles. The summed E-state index contributed by atoms with van der Waals surface area (Å²) in [6, 6.07) is 10.1. The van der Waals surface area contributed by atoms with E-state index in [-0.39, 0.29) is 10.5 Å². The first-order chi connectivity index (χ1) is 12.1. The van der Waals surface area contributed by atoms with E-state index in [1.54, 1.807) is 13.1 Å². The number of primary sulfonamides is 1. The highest BCUT2D eigenvalue weighted by atomic mass is 32.2. The Balaban J connectivity index is 2.05. The number of halogens is 3. The first-order valence-electron chi connectivity index (χ1n) is 7.86. The number of nitrogens with one attached hydrogen (secondary N) is 1. The van der Waals surface area contributed by atoms with Crippen molar-refractivity contribution in [1.82, 2.24) is 4.98 Å². The number of nitrogens with two attached hydrogens (primary N) is 1. The van der Waals surface area contributed by atoms with Gasteiger partial charge in [0.1, 0.15) is 0 Å². The fourth-order valence-electron chi connectivity index (χ4n) is 3.11. The highest BCUT2D eigenvalue weighted by Gasteiger charge is 2.32. The molecule has 138 valence electrons. The van der Waals surface area contributed by atoms with Crippen molar-refractivity contribution in [1.29, 1.82) is 0 Å². The van der Waals surface area contributed by atoms with Gasteiger partial charge in [0.15, 0.2) is 0 Å². The Labute approximate surface area is 148 Å². The lowest BCUT2D eigenvalue weighted by Gasteiger charge is -2.18. The Morgan fingerprint density at radius 1 is 1.15 bits per heavy atom. The summed E-state index contributed by atoms with van der Waals surface area (Å²) in [5.41, 5.74) is 0.967. The van der Waals surface area contributed by atoms with Crippen LogP contribution in [0.3, 0.4) is 0 Å². The highest BCUT2D eigenvalue weighted by Crippen LogP contribution is 2.35. The van der Waals surface area contributed by atoms with Crippen molar-refractivity contribution in [3.63, 3.8) is 0 Å². The van der Waals surface area contributed by atoms with Gasteiger partial charge in [0.05, 0.1) is 10.5 Å². The zero-order valence-corrected chi connectivity index (χ0v) is 14.7. The Morgan fingerprint density at radius 2 is 1.85 bits per heavy atom. The number of hydrogen-bond donors (Lipinski definition) is 2. The summed E-state index contributed by atoms with van der Waals surface area (Å²) < 4.78 is 62.8. The summed E-state index contributed by atoms with van der Waals surface area (Å²) in [4.78, 5) is 2.82. The Bertz CT molecular complexity index is 1060. The third-order valence-corrected chi connectivity index (χ3v) is 5.36. The van der Waals surface area contributed by atoms with Crippen LogP contribution >= 0.6 is 0 Å². The Kier molecular flexibility index (Phi) is 4.58. The molecule has 2 aromatic carbocycles. The second-order valence-corrected chi connectivity index (χ2v) is 7.79. The molecule has 1 aromatic heterocycles. The molecule has 26 heavy (non-hydrogen) atoms. The molecule has 0 aliphatic rings. The zero-order valence-electron chi connectivity index (χ0n) is 13.8. The van der Waals surface area contributed by atoms with Gasteiger partial charge in [-0.2, -0.15) is 13.2 Å². The second kappa shape index (κ2) is 6.44. The molecule has 1 atom stereocenters. The number of rotatable bonds is 4. The molecule has 1 unspecified atom stereocenters. The Hall–Kier alpha value is -2.32. The van der Waals surface area contributed by atoms with Crippen molar-refractivity contribution < 1.29 is 21.6 Å². The van der Waals surface area contributed by atoms with Crippen LogP contribution in [0.2, 0.25) is 0 Å². The molecule has 0 spiro atoms. The molecule has 0 bridgehead atoms. The van der Waals surface area contributed by atoms with Crippen LogP contribution in [0.25, 0.3) is 10.9 Å². The second-order valence-electron chi connectivity index (χ2n) is 6.26. The molecule has 8 heteroatoms. The third-order valence-electron chi connectivity index (χ3n) is 4.38. The fraction of sp³-hybridized carbons (Fsp3) is 0.222. The molecular formula is C18H17F3N2O2S.